The first kappa shape index (κ1) is 20.1. The number of piperidine rings is 1. The fraction of sp³-hybridized carbons (Fsp3) is 0.600. The summed E-state index contributed by atoms with van der Waals surface area (Å²) in [5.74, 6) is 0.792. The van der Waals surface area contributed by atoms with Crippen molar-refractivity contribution in [3.05, 3.63) is 23.8 Å². The van der Waals surface area contributed by atoms with Gasteiger partial charge in [-0.3, -0.25) is 9.59 Å². The van der Waals surface area contributed by atoms with Crippen LogP contribution in [-0.2, 0) is 9.59 Å². The fourth-order valence-electron chi connectivity index (χ4n) is 3.41. The van der Waals surface area contributed by atoms with Gasteiger partial charge in [-0.15, -0.1) is 0 Å². The van der Waals surface area contributed by atoms with Crippen molar-refractivity contribution in [3.63, 3.8) is 0 Å². The number of ether oxygens (including phenoxy) is 2. The van der Waals surface area contributed by atoms with Crippen LogP contribution in [0.5, 0.6) is 11.5 Å². The highest BCUT2D eigenvalue weighted by atomic mass is 16.5. The second kappa shape index (κ2) is 9.46. The van der Waals surface area contributed by atoms with Crippen LogP contribution in [0.25, 0.3) is 0 Å². The predicted molar refractivity (Wildman–Crippen MR) is 101 cm³/mol. The number of likely N-dealkylation sites (tertiary alicyclic amines) is 1. The first-order valence-electron chi connectivity index (χ1n) is 9.25. The molecule has 1 unspecified atom stereocenters. The van der Waals surface area contributed by atoms with Gasteiger partial charge in [0.2, 0.25) is 11.8 Å². The molecule has 0 aliphatic carbocycles. The molecule has 2 rings (SSSR count). The lowest BCUT2D eigenvalue weighted by Gasteiger charge is -2.27. The highest BCUT2D eigenvalue weighted by Crippen LogP contribution is 2.33. The molecular weight excluding hydrogens is 332 g/mol. The molecule has 1 aliphatic heterocycles. The maximum Gasteiger partial charge on any atom is 0.241 e. The van der Waals surface area contributed by atoms with E-state index in [2.05, 4.69) is 5.32 Å². The Labute approximate surface area is 155 Å². The summed E-state index contributed by atoms with van der Waals surface area (Å²) in [6, 6.07) is 5.50. The molecule has 0 aromatic heterocycles. The number of carbonyl (C=O) groups is 2. The Morgan fingerprint density at radius 3 is 2.31 bits per heavy atom. The maximum atomic E-state index is 12.8. The Hall–Kier alpha value is -2.24. The van der Waals surface area contributed by atoms with Crippen molar-refractivity contribution in [1.29, 1.82) is 0 Å². The number of carbonyl (C=O) groups excluding carboxylic acids is 2. The number of hydrogen-bond acceptors (Lipinski definition) is 4. The van der Waals surface area contributed by atoms with Gasteiger partial charge in [0.25, 0.3) is 0 Å². The molecule has 1 aromatic carbocycles. The molecule has 6 nitrogen and oxygen atoms in total. The van der Waals surface area contributed by atoms with Crippen LogP contribution in [-0.4, -0.2) is 50.6 Å². The number of nitrogens with zero attached hydrogens (tertiary/aromatic N) is 1. The first-order chi connectivity index (χ1) is 12.5. The van der Waals surface area contributed by atoms with E-state index in [9.17, 15) is 9.59 Å². The van der Waals surface area contributed by atoms with Gasteiger partial charge < -0.3 is 19.7 Å². The van der Waals surface area contributed by atoms with E-state index >= 15 is 0 Å². The standard InChI is InChI=1S/C20H30N2O4/c1-14(2)19(15-8-9-16(25-3)17(12-15)26-4)20(24)21-13-18(23)22-10-6-5-7-11-22/h8-9,12,14,19H,5-7,10-11,13H2,1-4H3,(H,21,24). The molecule has 1 aromatic rings. The van der Waals surface area contributed by atoms with Gasteiger partial charge in [-0.1, -0.05) is 19.9 Å². The summed E-state index contributed by atoms with van der Waals surface area (Å²) in [6.07, 6.45) is 3.25. The Balaban J connectivity index is 2.06. The minimum absolute atomic E-state index is 0.00660. The zero-order valence-electron chi connectivity index (χ0n) is 16.2. The molecule has 1 fully saturated rings. The third-order valence-electron chi connectivity index (χ3n) is 4.84. The van der Waals surface area contributed by atoms with Gasteiger partial charge in [-0.05, 0) is 42.9 Å². The number of amides is 2. The molecule has 144 valence electrons. The minimum Gasteiger partial charge on any atom is -0.493 e. The van der Waals surface area contributed by atoms with Crippen LogP contribution in [0.4, 0.5) is 0 Å². The van der Waals surface area contributed by atoms with Crippen molar-refractivity contribution in [3.8, 4) is 11.5 Å². The molecule has 1 N–H and O–H groups in total. The lowest BCUT2D eigenvalue weighted by Crippen LogP contribution is -2.44. The molecule has 1 saturated heterocycles. The molecule has 6 heteroatoms. The van der Waals surface area contributed by atoms with Gasteiger partial charge >= 0.3 is 0 Å². The van der Waals surface area contributed by atoms with Gasteiger partial charge in [-0.2, -0.15) is 0 Å². The van der Waals surface area contributed by atoms with Crippen molar-refractivity contribution in [2.24, 2.45) is 5.92 Å². The van der Waals surface area contributed by atoms with Gasteiger partial charge in [-0.25, -0.2) is 0 Å². The molecular formula is C20H30N2O4. The van der Waals surface area contributed by atoms with Crippen molar-refractivity contribution >= 4 is 11.8 Å². The number of hydrogen-bond donors (Lipinski definition) is 1. The number of rotatable bonds is 7. The van der Waals surface area contributed by atoms with E-state index in [1.165, 1.54) is 6.42 Å². The Bertz CT molecular complexity index is 624. The number of methoxy groups -OCH3 is 2. The molecule has 0 bridgehead atoms. The predicted octanol–water partition coefficient (Wildman–Crippen LogP) is 2.57. The van der Waals surface area contributed by atoms with Crippen LogP contribution in [0.2, 0.25) is 0 Å². The second-order valence-corrected chi connectivity index (χ2v) is 7.00. The smallest absolute Gasteiger partial charge is 0.241 e. The van der Waals surface area contributed by atoms with E-state index in [0.29, 0.717) is 11.5 Å². The van der Waals surface area contributed by atoms with Crippen molar-refractivity contribution in [1.82, 2.24) is 10.2 Å². The molecule has 1 heterocycles. The Kier molecular flexibility index (Phi) is 7.30. The molecule has 0 spiro atoms. The Morgan fingerprint density at radius 2 is 1.73 bits per heavy atom. The van der Waals surface area contributed by atoms with E-state index in [1.54, 1.807) is 20.3 Å². The summed E-state index contributed by atoms with van der Waals surface area (Å²) in [7, 11) is 3.15. The van der Waals surface area contributed by atoms with E-state index in [0.717, 1.165) is 31.5 Å². The zero-order valence-corrected chi connectivity index (χ0v) is 16.2. The average Bonchev–Trinajstić information content (AvgIpc) is 2.66. The molecule has 0 saturated carbocycles. The van der Waals surface area contributed by atoms with Gasteiger partial charge in [0.1, 0.15) is 0 Å². The van der Waals surface area contributed by atoms with Crippen LogP contribution in [0, 0.1) is 5.92 Å². The summed E-state index contributed by atoms with van der Waals surface area (Å²) in [4.78, 5) is 26.9. The summed E-state index contributed by atoms with van der Waals surface area (Å²) in [5.41, 5.74) is 0.848. The highest BCUT2D eigenvalue weighted by Gasteiger charge is 2.26. The largest absolute Gasteiger partial charge is 0.493 e. The quantitative estimate of drug-likeness (QED) is 0.809. The normalized spacial score (nSPS) is 15.5. The Morgan fingerprint density at radius 1 is 1.08 bits per heavy atom. The van der Waals surface area contributed by atoms with E-state index in [4.69, 9.17) is 9.47 Å². The average molecular weight is 362 g/mol. The molecule has 26 heavy (non-hydrogen) atoms. The van der Waals surface area contributed by atoms with Gasteiger partial charge in [0.05, 0.1) is 26.7 Å². The van der Waals surface area contributed by atoms with Crippen LogP contribution in [0.3, 0.4) is 0 Å². The lowest BCUT2D eigenvalue weighted by molar-refractivity contribution is -0.134. The van der Waals surface area contributed by atoms with Crippen LogP contribution < -0.4 is 14.8 Å². The summed E-state index contributed by atoms with van der Waals surface area (Å²) >= 11 is 0. The fourth-order valence-corrected chi connectivity index (χ4v) is 3.41. The molecule has 1 aliphatic rings. The summed E-state index contributed by atoms with van der Waals surface area (Å²) in [5, 5.41) is 2.82. The monoisotopic (exact) mass is 362 g/mol. The van der Waals surface area contributed by atoms with Crippen molar-refractivity contribution in [2.45, 2.75) is 39.0 Å². The SMILES string of the molecule is COc1ccc(C(C(=O)NCC(=O)N2CCCCC2)C(C)C)cc1OC. The van der Waals surface area contributed by atoms with Gasteiger partial charge in [0, 0.05) is 13.1 Å². The van der Waals surface area contributed by atoms with Crippen molar-refractivity contribution < 1.29 is 19.1 Å². The maximum absolute atomic E-state index is 12.8. The summed E-state index contributed by atoms with van der Waals surface area (Å²) in [6.45, 7) is 5.62. The van der Waals surface area contributed by atoms with Crippen LogP contribution >= 0.6 is 0 Å². The van der Waals surface area contributed by atoms with E-state index in [1.807, 2.05) is 30.9 Å². The molecule has 2 amide bonds. The zero-order chi connectivity index (χ0) is 19.1. The van der Waals surface area contributed by atoms with Crippen LogP contribution in [0.15, 0.2) is 18.2 Å². The molecule has 1 atom stereocenters. The third-order valence-corrected chi connectivity index (χ3v) is 4.84. The van der Waals surface area contributed by atoms with Gasteiger partial charge in [0.15, 0.2) is 11.5 Å². The molecule has 0 radical (unpaired) electrons. The summed E-state index contributed by atoms with van der Waals surface area (Å²) < 4.78 is 10.6. The van der Waals surface area contributed by atoms with E-state index in [-0.39, 0.29) is 30.2 Å². The van der Waals surface area contributed by atoms with Crippen LogP contribution in [0.1, 0.15) is 44.6 Å². The second-order valence-electron chi connectivity index (χ2n) is 7.00. The minimum atomic E-state index is -0.357. The number of nitrogens with one attached hydrogen (secondary N) is 1. The highest BCUT2D eigenvalue weighted by molar-refractivity contribution is 5.88. The van der Waals surface area contributed by atoms with E-state index < -0.39 is 0 Å². The number of benzene rings is 1. The van der Waals surface area contributed by atoms with Crippen molar-refractivity contribution in [2.75, 3.05) is 33.9 Å². The topological polar surface area (TPSA) is 67.9 Å². The third kappa shape index (κ3) is 4.90. The lowest BCUT2D eigenvalue weighted by atomic mass is 9.87. The first-order valence-corrected chi connectivity index (χ1v) is 9.25.